The van der Waals surface area contributed by atoms with Gasteiger partial charge in [-0.2, -0.15) is 13.2 Å². The number of fused-ring (bicyclic) bond motifs is 1. The van der Waals surface area contributed by atoms with Crippen LogP contribution in [0.25, 0.3) is 22.1 Å². The molecule has 0 fully saturated rings. The van der Waals surface area contributed by atoms with Crippen molar-refractivity contribution in [3.05, 3.63) is 70.3 Å². The lowest BCUT2D eigenvalue weighted by atomic mass is 10.0. The smallest absolute Gasteiger partial charge is 0.419 e. The zero-order valence-electron chi connectivity index (χ0n) is 16.4. The molecule has 162 valence electrons. The molecule has 1 aromatic carbocycles. The van der Waals surface area contributed by atoms with Crippen molar-refractivity contribution in [2.75, 3.05) is 0 Å². The molecule has 0 bridgehead atoms. The highest BCUT2D eigenvalue weighted by Gasteiger charge is 2.40. The summed E-state index contributed by atoms with van der Waals surface area (Å²) in [5.41, 5.74) is 1.25. The van der Waals surface area contributed by atoms with Crippen LogP contribution in [0, 0.1) is 0 Å². The maximum absolute atomic E-state index is 12.6. The third-order valence-corrected chi connectivity index (χ3v) is 6.09. The third-order valence-electron chi connectivity index (χ3n) is 3.98. The van der Waals surface area contributed by atoms with Gasteiger partial charge in [0, 0.05) is 46.1 Å². The van der Waals surface area contributed by atoms with Crippen molar-refractivity contribution in [3.8, 4) is 11.1 Å². The summed E-state index contributed by atoms with van der Waals surface area (Å²) in [5, 5.41) is 10.0. The summed E-state index contributed by atoms with van der Waals surface area (Å²) in [4.78, 5) is 20.3. The van der Waals surface area contributed by atoms with Crippen LogP contribution in [0.15, 0.2) is 73.4 Å². The van der Waals surface area contributed by atoms with E-state index in [0.717, 1.165) is 34.9 Å². The molecular weight excluding hydrogens is 449 g/mol. The molecule has 0 saturated heterocycles. The Morgan fingerprint density at radius 1 is 1.16 bits per heavy atom. The number of alkyl halides is 3. The van der Waals surface area contributed by atoms with Gasteiger partial charge in [-0.25, -0.2) is 9.78 Å². The summed E-state index contributed by atoms with van der Waals surface area (Å²) in [5.74, 6) is 0. The van der Waals surface area contributed by atoms with Crippen molar-refractivity contribution in [1.29, 1.82) is 0 Å². The van der Waals surface area contributed by atoms with E-state index in [0.29, 0.717) is 25.8 Å². The van der Waals surface area contributed by atoms with Crippen LogP contribution in [0.1, 0.15) is 24.8 Å². The van der Waals surface area contributed by atoms with Crippen molar-refractivity contribution in [2.45, 2.75) is 35.4 Å². The van der Waals surface area contributed by atoms with E-state index >= 15 is 0 Å². The Labute approximate surface area is 183 Å². The first-order valence-corrected chi connectivity index (χ1v) is 10.8. The van der Waals surface area contributed by atoms with Crippen molar-refractivity contribution < 1.29 is 22.7 Å². The number of benzene rings is 1. The molecule has 4 aromatic rings. The topological polar surface area (TPSA) is 76.2 Å². The van der Waals surface area contributed by atoms with E-state index in [1.807, 2.05) is 19.9 Å². The molecule has 3 heterocycles. The first-order valence-electron chi connectivity index (χ1n) is 9.18. The van der Waals surface area contributed by atoms with Crippen LogP contribution < -0.4 is 5.63 Å². The fraction of sp³-hybridized carbons (Fsp3) is 0.190. The maximum atomic E-state index is 12.6. The molecule has 0 saturated carbocycles. The number of aliphatic hydroxyl groups excluding tert-OH is 1. The molecule has 10 heteroatoms. The predicted molar refractivity (Wildman–Crippen MR) is 114 cm³/mol. The van der Waals surface area contributed by atoms with Gasteiger partial charge in [0.2, 0.25) is 0 Å². The van der Waals surface area contributed by atoms with Gasteiger partial charge < -0.3 is 9.52 Å². The van der Waals surface area contributed by atoms with Gasteiger partial charge in [-0.1, -0.05) is 31.7 Å². The number of halogens is 3. The standard InChI is InChI=1S/C19H11F3N2O3S2.C2H6/c20-19(21,22)17(26)15-9-24-18(29-15)28-11-3-4-12-13(10-2-1-5-23-8-10)7-16(25)27-14(12)6-11;1-2/h1-9,17,26H;1-2H3. The summed E-state index contributed by atoms with van der Waals surface area (Å²) in [6, 6.07) is 10.1. The van der Waals surface area contributed by atoms with Gasteiger partial charge in [-0.15, -0.1) is 11.3 Å². The SMILES string of the molecule is CC.O=c1cc(-c2cccnc2)c2ccc(Sc3ncc(C(O)C(F)(F)F)s3)cc2o1. The van der Waals surface area contributed by atoms with Gasteiger partial charge >= 0.3 is 11.8 Å². The van der Waals surface area contributed by atoms with Crippen LogP contribution in [-0.4, -0.2) is 21.3 Å². The lowest BCUT2D eigenvalue weighted by Crippen LogP contribution is -2.18. The number of thiazole rings is 1. The Morgan fingerprint density at radius 3 is 2.61 bits per heavy atom. The van der Waals surface area contributed by atoms with E-state index < -0.39 is 17.9 Å². The Kier molecular flexibility index (Phi) is 7.14. The molecule has 0 amide bonds. The summed E-state index contributed by atoms with van der Waals surface area (Å²) in [6.45, 7) is 4.00. The van der Waals surface area contributed by atoms with Gasteiger partial charge in [0.1, 0.15) is 5.58 Å². The van der Waals surface area contributed by atoms with Crippen molar-refractivity contribution >= 4 is 34.1 Å². The van der Waals surface area contributed by atoms with E-state index in [-0.39, 0.29) is 4.88 Å². The lowest BCUT2D eigenvalue weighted by molar-refractivity contribution is -0.205. The highest BCUT2D eigenvalue weighted by Crippen LogP contribution is 2.39. The second kappa shape index (κ2) is 9.63. The Bertz CT molecular complexity index is 1220. The molecule has 3 aromatic heterocycles. The Hall–Kier alpha value is -2.69. The van der Waals surface area contributed by atoms with Crippen molar-refractivity contribution in [2.24, 2.45) is 0 Å². The average Bonchev–Trinajstić information content (AvgIpc) is 3.22. The van der Waals surface area contributed by atoms with Crippen molar-refractivity contribution in [3.63, 3.8) is 0 Å². The molecule has 0 spiro atoms. The number of hydrogen-bond donors (Lipinski definition) is 1. The van der Waals surface area contributed by atoms with Gasteiger partial charge in [-0.05, 0) is 24.3 Å². The van der Waals surface area contributed by atoms with Gasteiger partial charge in [0.15, 0.2) is 10.4 Å². The molecule has 1 unspecified atom stereocenters. The second-order valence-electron chi connectivity index (χ2n) is 5.95. The highest BCUT2D eigenvalue weighted by atomic mass is 32.2. The van der Waals surface area contributed by atoms with Gasteiger partial charge in [0.25, 0.3) is 0 Å². The zero-order chi connectivity index (χ0) is 22.6. The molecule has 0 radical (unpaired) electrons. The fourth-order valence-corrected chi connectivity index (χ4v) is 4.68. The summed E-state index contributed by atoms with van der Waals surface area (Å²) in [7, 11) is 0. The van der Waals surface area contributed by atoms with Crippen LogP contribution in [-0.2, 0) is 0 Å². The van der Waals surface area contributed by atoms with Crippen LogP contribution >= 0.6 is 23.1 Å². The van der Waals surface area contributed by atoms with E-state index in [9.17, 15) is 23.1 Å². The quantitative estimate of drug-likeness (QED) is 0.367. The van der Waals surface area contributed by atoms with Gasteiger partial charge in [-0.3, -0.25) is 4.98 Å². The van der Waals surface area contributed by atoms with Crippen LogP contribution in [0.4, 0.5) is 13.2 Å². The minimum atomic E-state index is -4.75. The first kappa shape index (κ1) is 23.0. The second-order valence-corrected chi connectivity index (χ2v) is 8.34. The largest absolute Gasteiger partial charge is 0.423 e. The van der Waals surface area contributed by atoms with Crippen LogP contribution in [0.3, 0.4) is 0 Å². The molecular formula is C21H17F3N2O3S2. The lowest BCUT2D eigenvalue weighted by Gasteiger charge is -2.11. The van der Waals surface area contributed by atoms with E-state index in [1.54, 1.807) is 36.7 Å². The van der Waals surface area contributed by atoms with Gasteiger partial charge in [0.05, 0.1) is 4.88 Å². The zero-order valence-corrected chi connectivity index (χ0v) is 18.0. The Morgan fingerprint density at radius 2 is 1.94 bits per heavy atom. The van der Waals surface area contributed by atoms with E-state index in [2.05, 4.69) is 9.97 Å². The first-order chi connectivity index (χ1) is 14.8. The number of pyridine rings is 1. The molecule has 31 heavy (non-hydrogen) atoms. The molecule has 1 N–H and O–H groups in total. The fourth-order valence-electron chi connectivity index (χ4n) is 2.67. The molecule has 0 aliphatic rings. The number of nitrogens with zero attached hydrogens (tertiary/aromatic N) is 2. The van der Waals surface area contributed by atoms with Crippen molar-refractivity contribution in [1.82, 2.24) is 9.97 Å². The summed E-state index contributed by atoms with van der Waals surface area (Å²) in [6.07, 6.45) is -3.04. The number of rotatable bonds is 4. The van der Waals surface area contributed by atoms with Crippen LogP contribution in [0.2, 0.25) is 0 Å². The predicted octanol–water partition coefficient (Wildman–Crippen LogP) is 6.08. The number of aromatic nitrogens is 2. The average molecular weight is 467 g/mol. The third kappa shape index (κ3) is 5.33. The molecule has 5 nitrogen and oxygen atoms in total. The molecule has 1 atom stereocenters. The van der Waals surface area contributed by atoms with Crippen LogP contribution in [0.5, 0.6) is 0 Å². The van der Waals surface area contributed by atoms with E-state index in [1.165, 1.54) is 6.07 Å². The van der Waals surface area contributed by atoms with E-state index in [4.69, 9.17) is 4.42 Å². The minimum Gasteiger partial charge on any atom is -0.423 e. The molecule has 0 aliphatic heterocycles. The number of hydrogen-bond acceptors (Lipinski definition) is 7. The Balaban J connectivity index is 0.00000132. The summed E-state index contributed by atoms with van der Waals surface area (Å²) >= 11 is 1.87. The maximum Gasteiger partial charge on any atom is 0.419 e. The number of aliphatic hydroxyl groups is 1. The minimum absolute atomic E-state index is 0.286. The molecule has 0 aliphatic carbocycles. The normalized spacial score (nSPS) is 12.3. The highest BCUT2D eigenvalue weighted by molar-refractivity contribution is 8.01. The molecule has 4 rings (SSSR count). The summed E-state index contributed by atoms with van der Waals surface area (Å²) < 4.78 is 43.5. The monoisotopic (exact) mass is 466 g/mol.